The van der Waals surface area contributed by atoms with E-state index in [2.05, 4.69) is 10.4 Å². The van der Waals surface area contributed by atoms with Gasteiger partial charge in [0.05, 0.1) is 17.4 Å². The van der Waals surface area contributed by atoms with Crippen LogP contribution >= 0.6 is 0 Å². The van der Waals surface area contributed by atoms with E-state index < -0.39 is 23.4 Å². The summed E-state index contributed by atoms with van der Waals surface area (Å²) < 4.78 is 41.8. The lowest BCUT2D eigenvalue weighted by Crippen LogP contribution is -2.61. The topological polar surface area (TPSA) is 67.2 Å². The number of carbonyl (C=O) groups is 1. The fourth-order valence-electron chi connectivity index (χ4n) is 5.98. The maximum absolute atomic E-state index is 13.6. The third-order valence-electron chi connectivity index (χ3n) is 7.02. The Labute approximate surface area is 155 Å². The fourth-order valence-corrected chi connectivity index (χ4v) is 5.98. The summed E-state index contributed by atoms with van der Waals surface area (Å²) in [5.41, 5.74) is -1.95. The molecule has 8 heteroatoms. The molecule has 1 amide bonds. The highest BCUT2D eigenvalue weighted by Gasteiger charge is 2.55. The van der Waals surface area contributed by atoms with E-state index in [0.29, 0.717) is 18.8 Å². The van der Waals surface area contributed by atoms with Gasteiger partial charge in [0.15, 0.2) is 5.69 Å². The average molecular weight is 383 g/mol. The van der Waals surface area contributed by atoms with Gasteiger partial charge < -0.3 is 10.4 Å². The van der Waals surface area contributed by atoms with Gasteiger partial charge in [-0.05, 0) is 68.6 Å². The van der Waals surface area contributed by atoms with E-state index in [1.165, 1.54) is 0 Å². The van der Waals surface area contributed by atoms with Crippen LogP contribution in [0.15, 0.2) is 6.20 Å². The van der Waals surface area contributed by atoms with Crippen LogP contribution in [0.3, 0.4) is 0 Å². The smallest absolute Gasteiger partial charge is 0.390 e. The monoisotopic (exact) mass is 383 g/mol. The summed E-state index contributed by atoms with van der Waals surface area (Å²) in [5.74, 6) is 0.329. The van der Waals surface area contributed by atoms with Gasteiger partial charge in [0.2, 0.25) is 0 Å². The lowest BCUT2D eigenvalue weighted by molar-refractivity contribution is -0.144. The van der Waals surface area contributed by atoms with E-state index in [9.17, 15) is 23.1 Å². The standard InChI is InChI=1S/C19H24F3N3O2/c20-19(21,22)16-14(8-23-25(16)9-10-1-2-10)17(26)24-15-12-3-11-4-13(15)7-18(27,5-11)6-12/h8,10-13,15,27H,1-7,9H2,(H,24,26)/t11?,12?,13?,15-,18-. The number of hydrogen-bond acceptors (Lipinski definition) is 3. The van der Waals surface area contributed by atoms with Crippen molar-refractivity contribution >= 4 is 5.91 Å². The highest BCUT2D eigenvalue weighted by atomic mass is 19.4. The summed E-state index contributed by atoms with van der Waals surface area (Å²) in [4.78, 5) is 12.8. The normalized spacial score (nSPS) is 37.6. The minimum Gasteiger partial charge on any atom is -0.390 e. The van der Waals surface area contributed by atoms with Crippen molar-refractivity contribution in [3.05, 3.63) is 17.5 Å². The maximum atomic E-state index is 13.6. The van der Waals surface area contributed by atoms with Crippen molar-refractivity contribution in [3.8, 4) is 0 Å². The highest BCUT2D eigenvalue weighted by Crippen LogP contribution is 2.55. The van der Waals surface area contributed by atoms with Gasteiger partial charge in [-0.2, -0.15) is 18.3 Å². The molecule has 5 fully saturated rings. The van der Waals surface area contributed by atoms with E-state index in [0.717, 1.165) is 43.0 Å². The molecule has 2 unspecified atom stereocenters. The minimum atomic E-state index is -4.61. The number of nitrogens with zero attached hydrogens (tertiary/aromatic N) is 2. The zero-order valence-electron chi connectivity index (χ0n) is 15.0. The molecule has 27 heavy (non-hydrogen) atoms. The summed E-state index contributed by atoms with van der Waals surface area (Å²) >= 11 is 0. The lowest BCUT2D eigenvalue weighted by atomic mass is 9.52. The van der Waals surface area contributed by atoms with E-state index in [1.807, 2.05) is 0 Å². The second-order valence-electron chi connectivity index (χ2n) is 9.22. The Morgan fingerprint density at radius 1 is 1.26 bits per heavy atom. The third kappa shape index (κ3) is 3.05. The van der Waals surface area contributed by atoms with Crippen molar-refractivity contribution in [1.29, 1.82) is 0 Å². The van der Waals surface area contributed by atoms with Crippen LogP contribution in [0.5, 0.6) is 0 Å². The van der Waals surface area contributed by atoms with Gasteiger partial charge in [-0.3, -0.25) is 9.48 Å². The molecule has 5 aliphatic rings. The average Bonchev–Trinajstić information content (AvgIpc) is 3.24. The van der Waals surface area contributed by atoms with Gasteiger partial charge in [-0.15, -0.1) is 0 Å². The highest BCUT2D eigenvalue weighted by molar-refractivity contribution is 5.95. The number of nitrogens with one attached hydrogen (secondary N) is 1. The van der Waals surface area contributed by atoms with Crippen LogP contribution in [0.25, 0.3) is 0 Å². The first kappa shape index (κ1) is 17.5. The first-order chi connectivity index (χ1) is 12.7. The predicted molar refractivity (Wildman–Crippen MR) is 89.7 cm³/mol. The number of amides is 1. The van der Waals surface area contributed by atoms with Gasteiger partial charge in [0.1, 0.15) is 0 Å². The molecule has 148 valence electrons. The number of hydrogen-bond donors (Lipinski definition) is 2. The SMILES string of the molecule is O=C(N[C@H]1C2CC3CC1C[C@](O)(C3)C2)c1cnn(CC2CC2)c1C(F)(F)F. The summed E-state index contributed by atoms with van der Waals surface area (Å²) in [6.07, 6.45) is 2.25. The number of rotatable bonds is 4. The Bertz CT molecular complexity index is 755. The van der Waals surface area contributed by atoms with Crippen molar-refractivity contribution in [2.45, 2.75) is 69.3 Å². The van der Waals surface area contributed by atoms with Crippen LogP contribution < -0.4 is 5.32 Å². The zero-order valence-corrected chi connectivity index (χ0v) is 15.0. The first-order valence-corrected chi connectivity index (χ1v) is 9.88. The van der Waals surface area contributed by atoms with Crippen molar-refractivity contribution in [3.63, 3.8) is 0 Å². The molecule has 2 N–H and O–H groups in total. The van der Waals surface area contributed by atoms with Crippen molar-refractivity contribution in [2.75, 3.05) is 0 Å². The zero-order chi connectivity index (χ0) is 19.0. The summed E-state index contributed by atoms with van der Waals surface area (Å²) in [6, 6.07) is -0.151. The van der Waals surface area contributed by atoms with Gasteiger partial charge >= 0.3 is 6.18 Å². The molecule has 0 aliphatic heterocycles. The molecule has 0 spiro atoms. The summed E-state index contributed by atoms with van der Waals surface area (Å²) in [7, 11) is 0. The maximum Gasteiger partial charge on any atom is 0.433 e. The van der Waals surface area contributed by atoms with Crippen LogP contribution in [-0.2, 0) is 12.7 Å². The van der Waals surface area contributed by atoms with E-state index in [1.54, 1.807) is 0 Å². The molecule has 5 saturated carbocycles. The molecule has 1 aromatic heterocycles. The second kappa shape index (κ2) is 5.72. The number of alkyl halides is 3. The van der Waals surface area contributed by atoms with E-state index >= 15 is 0 Å². The molecule has 0 saturated heterocycles. The Morgan fingerprint density at radius 3 is 2.48 bits per heavy atom. The lowest BCUT2D eigenvalue weighted by Gasteiger charge is -2.58. The number of halogens is 3. The Morgan fingerprint density at radius 2 is 1.93 bits per heavy atom. The first-order valence-electron chi connectivity index (χ1n) is 9.88. The minimum absolute atomic E-state index is 0.151. The van der Waals surface area contributed by atoms with E-state index in [-0.39, 0.29) is 35.9 Å². The number of aromatic nitrogens is 2. The number of aliphatic hydroxyl groups is 1. The Hall–Kier alpha value is -1.57. The third-order valence-corrected chi connectivity index (χ3v) is 7.02. The van der Waals surface area contributed by atoms with Crippen LogP contribution in [0.1, 0.15) is 61.0 Å². The van der Waals surface area contributed by atoms with E-state index in [4.69, 9.17) is 0 Å². The van der Waals surface area contributed by atoms with Crippen LogP contribution in [0.4, 0.5) is 13.2 Å². The van der Waals surface area contributed by atoms with Crippen molar-refractivity contribution in [1.82, 2.24) is 15.1 Å². The molecule has 5 aliphatic carbocycles. The molecular formula is C19H24F3N3O2. The van der Waals surface area contributed by atoms with Crippen molar-refractivity contribution < 1.29 is 23.1 Å². The molecule has 4 bridgehead atoms. The summed E-state index contributed by atoms with van der Waals surface area (Å²) in [5, 5.41) is 17.4. The number of carbonyl (C=O) groups excluding carboxylic acids is 1. The molecule has 1 heterocycles. The second-order valence-corrected chi connectivity index (χ2v) is 9.22. The van der Waals surface area contributed by atoms with Crippen LogP contribution in [0, 0.1) is 23.7 Å². The van der Waals surface area contributed by atoms with Gasteiger partial charge in [0.25, 0.3) is 5.91 Å². The van der Waals surface area contributed by atoms with Crippen LogP contribution in [0.2, 0.25) is 0 Å². The fraction of sp³-hybridized carbons (Fsp3) is 0.789. The quantitative estimate of drug-likeness (QED) is 0.840. The molecule has 0 aromatic carbocycles. The van der Waals surface area contributed by atoms with Gasteiger partial charge in [0, 0.05) is 12.6 Å². The largest absolute Gasteiger partial charge is 0.433 e. The Balaban J connectivity index is 1.38. The predicted octanol–water partition coefficient (Wildman–Crippen LogP) is 2.98. The molecular weight excluding hydrogens is 359 g/mol. The van der Waals surface area contributed by atoms with Crippen molar-refractivity contribution in [2.24, 2.45) is 23.7 Å². The van der Waals surface area contributed by atoms with Crippen LogP contribution in [-0.4, -0.2) is 32.4 Å². The summed E-state index contributed by atoms with van der Waals surface area (Å²) in [6.45, 7) is 0.214. The van der Waals surface area contributed by atoms with Gasteiger partial charge in [-0.1, -0.05) is 0 Å². The molecule has 6 rings (SSSR count). The molecule has 2 atom stereocenters. The van der Waals surface area contributed by atoms with Gasteiger partial charge in [-0.25, -0.2) is 0 Å². The molecule has 5 nitrogen and oxygen atoms in total. The molecule has 1 aromatic rings. The Kier molecular flexibility index (Phi) is 3.71. The molecule has 0 radical (unpaired) electrons.